The summed E-state index contributed by atoms with van der Waals surface area (Å²) >= 11 is 1.51. The van der Waals surface area contributed by atoms with Crippen molar-refractivity contribution in [3.05, 3.63) is 33.9 Å². The Bertz CT molecular complexity index is 598. The van der Waals surface area contributed by atoms with E-state index < -0.39 is 0 Å². The molecule has 0 radical (unpaired) electrons. The molecule has 0 atom stereocenters. The summed E-state index contributed by atoms with van der Waals surface area (Å²) in [5.74, 6) is 0.898. The molecule has 1 aliphatic heterocycles. The van der Waals surface area contributed by atoms with E-state index in [0.717, 1.165) is 21.7 Å². The molecule has 0 aromatic heterocycles. The second-order valence-electron chi connectivity index (χ2n) is 7.81. The van der Waals surface area contributed by atoms with Gasteiger partial charge in [0, 0.05) is 11.1 Å². The Morgan fingerprint density at radius 1 is 1.09 bits per heavy atom. The molecule has 1 aliphatic rings. The lowest BCUT2D eigenvalue weighted by atomic mass is 9.78. The molecule has 22 heavy (non-hydrogen) atoms. The maximum Gasteiger partial charge on any atom is 0.235 e. The fraction of sp³-hybridized carbons (Fsp3) is 0.500. The number of thioether (sulfide) groups is 1. The van der Waals surface area contributed by atoms with Gasteiger partial charge in [-0.25, -0.2) is 0 Å². The summed E-state index contributed by atoms with van der Waals surface area (Å²) < 4.78 is 0. The first-order valence-electron chi connectivity index (χ1n) is 7.51. The minimum absolute atomic E-state index is 0.0436. The van der Waals surface area contributed by atoms with Crippen molar-refractivity contribution < 1.29 is 9.90 Å². The lowest BCUT2D eigenvalue weighted by molar-refractivity contribution is -0.117. The van der Waals surface area contributed by atoms with Gasteiger partial charge in [0.25, 0.3) is 0 Å². The van der Waals surface area contributed by atoms with Crippen LogP contribution in [0, 0.1) is 0 Å². The Balaban J connectivity index is 2.58. The predicted octanol–water partition coefficient (Wildman–Crippen LogP) is 4.15. The van der Waals surface area contributed by atoms with Crippen molar-refractivity contribution in [3.8, 4) is 5.75 Å². The van der Waals surface area contributed by atoms with Crippen LogP contribution in [-0.2, 0) is 15.6 Å². The molecule has 0 saturated carbocycles. The number of benzene rings is 1. The van der Waals surface area contributed by atoms with Crippen LogP contribution in [0.3, 0.4) is 0 Å². The van der Waals surface area contributed by atoms with E-state index >= 15 is 0 Å². The Morgan fingerprint density at radius 3 is 1.95 bits per heavy atom. The molecule has 1 fully saturated rings. The maximum absolute atomic E-state index is 11.3. The van der Waals surface area contributed by atoms with E-state index in [2.05, 4.69) is 46.9 Å². The summed E-state index contributed by atoms with van der Waals surface area (Å²) in [6.07, 6.45) is 1.99. The zero-order chi connectivity index (χ0) is 16.7. The first-order chi connectivity index (χ1) is 9.98. The fourth-order valence-corrected chi connectivity index (χ4v) is 3.23. The molecular formula is C18H25NO2S. The van der Waals surface area contributed by atoms with Crippen molar-refractivity contribution in [2.24, 2.45) is 0 Å². The number of phenols is 1. The van der Waals surface area contributed by atoms with Gasteiger partial charge >= 0.3 is 0 Å². The number of amides is 1. The van der Waals surface area contributed by atoms with Crippen LogP contribution in [0.15, 0.2) is 17.2 Å². The fourth-order valence-electron chi connectivity index (χ4n) is 2.47. The van der Waals surface area contributed by atoms with E-state index in [1.54, 1.807) is 0 Å². The molecule has 0 bridgehead atoms. The van der Waals surface area contributed by atoms with Crippen molar-refractivity contribution in [1.82, 2.24) is 5.32 Å². The quantitative estimate of drug-likeness (QED) is 0.817. The third kappa shape index (κ3) is 3.67. The number of carbonyl (C=O) groups excluding carboxylic acids is 1. The van der Waals surface area contributed by atoms with E-state index in [1.165, 1.54) is 11.8 Å². The number of carbonyl (C=O) groups is 1. The van der Waals surface area contributed by atoms with Crippen molar-refractivity contribution in [1.29, 1.82) is 0 Å². The topological polar surface area (TPSA) is 49.3 Å². The van der Waals surface area contributed by atoms with Gasteiger partial charge in [0.2, 0.25) is 5.91 Å². The molecule has 1 amide bonds. The third-order valence-electron chi connectivity index (χ3n) is 3.67. The molecule has 2 rings (SSSR count). The summed E-state index contributed by atoms with van der Waals surface area (Å²) in [7, 11) is 0. The van der Waals surface area contributed by atoms with Gasteiger partial charge in [-0.3, -0.25) is 4.79 Å². The number of aromatic hydroxyl groups is 1. The maximum atomic E-state index is 11.3. The van der Waals surface area contributed by atoms with Crippen molar-refractivity contribution in [3.63, 3.8) is 0 Å². The van der Waals surface area contributed by atoms with E-state index in [9.17, 15) is 9.90 Å². The lowest BCUT2D eigenvalue weighted by Crippen LogP contribution is -2.17. The first-order valence-corrected chi connectivity index (χ1v) is 8.49. The third-order valence-corrected chi connectivity index (χ3v) is 4.60. The molecular weight excluding hydrogens is 294 g/mol. The molecule has 0 spiro atoms. The van der Waals surface area contributed by atoms with Crippen molar-refractivity contribution >= 4 is 23.7 Å². The van der Waals surface area contributed by atoms with Gasteiger partial charge in [-0.1, -0.05) is 53.3 Å². The van der Waals surface area contributed by atoms with E-state index in [1.807, 2.05) is 18.2 Å². The van der Waals surface area contributed by atoms with Gasteiger partial charge < -0.3 is 10.4 Å². The van der Waals surface area contributed by atoms with Crippen LogP contribution in [0.1, 0.15) is 58.2 Å². The standard InChI is InChI=1S/C18H25NO2S/c1-17(2,3)12-7-11(9-15-19-14(20)10-22-15)8-13(16(12)21)18(4,5)6/h7-9,21H,10H2,1-6H3,(H,19,20). The van der Waals surface area contributed by atoms with Crippen LogP contribution in [0.2, 0.25) is 0 Å². The van der Waals surface area contributed by atoms with Crippen molar-refractivity contribution in [2.45, 2.75) is 52.4 Å². The summed E-state index contributed by atoms with van der Waals surface area (Å²) in [5, 5.41) is 14.4. The van der Waals surface area contributed by atoms with Crippen molar-refractivity contribution in [2.75, 3.05) is 5.75 Å². The lowest BCUT2D eigenvalue weighted by Gasteiger charge is -2.28. The average molecular weight is 319 g/mol. The van der Waals surface area contributed by atoms with E-state index in [4.69, 9.17) is 0 Å². The molecule has 3 nitrogen and oxygen atoms in total. The monoisotopic (exact) mass is 319 g/mol. The normalized spacial score (nSPS) is 17.9. The van der Waals surface area contributed by atoms with Gasteiger partial charge in [0.05, 0.1) is 10.8 Å². The summed E-state index contributed by atoms with van der Waals surface area (Å²) in [6, 6.07) is 4.03. The first kappa shape index (κ1) is 16.9. The Kier molecular flexibility index (Phi) is 4.35. The van der Waals surface area contributed by atoms with Crippen LogP contribution >= 0.6 is 11.8 Å². The molecule has 0 unspecified atom stereocenters. The highest BCUT2D eigenvalue weighted by atomic mass is 32.2. The summed E-state index contributed by atoms with van der Waals surface area (Å²) in [6.45, 7) is 12.6. The van der Waals surface area contributed by atoms with Gasteiger partial charge in [-0.2, -0.15) is 0 Å². The average Bonchev–Trinajstić information content (AvgIpc) is 2.74. The number of hydrogen-bond acceptors (Lipinski definition) is 3. The molecule has 1 aromatic carbocycles. The number of phenolic OH excluding ortho intramolecular Hbond substituents is 1. The molecule has 0 aliphatic carbocycles. The van der Waals surface area contributed by atoms with E-state index in [0.29, 0.717) is 11.5 Å². The highest BCUT2D eigenvalue weighted by Crippen LogP contribution is 2.40. The number of hydrogen-bond donors (Lipinski definition) is 2. The van der Waals surface area contributed by atoms with Crippen LogP contribution in [0.5, 0.6) is 5.75 Å². The SMILES string of the molecule is CC(C)(C)c1cc(C=C2NC(=O)CS2)cc(C(C)(C)C)c1O. The van der Waals surface area contributed by atoms with Crippen LogP contribution in [0.25, 0.3) is 6.08 Å². The van der Waals surface area contributed by atoms with Gasteiger partial charge in [0.1, 0.15) is 5.75 Å². The number of rotatable bonds is 1. The minimum Gasteiger partial charge on any atom is -0.507 e. The summed E-state index contributed by atoms with van der Waals surface area (Å²) in [4.78, 5) is 11.3. The second kappa shape index (κ2) is 5.65. The highest BCUT2D eigenvalue weighted by molar-refractivity contribution is 8.04. The summed E-state index contributed by atoms with van der Waals surface area (Å²) in [5.41, 5.74) is 2.58. The Labute approximate surface area is 137 Å². The van der Waals surface area contributed by atoms with Gasteiger partial charge in [-0.05, 0) is 34.6 Å². The van der Waals surface area contributed by atoms with Crippen LogP contribution < -0.4 is 5.32 Å². The zero-order valence-electron chi connectivity index (χ0n) is 14.2. The van der Waals surface area contributed by atoms with Crippen LogP contribution in [0.4, 0.5) is 0 Å². The second-order valence-corrected chi connectivity index (χ2v) is 8.83. The number of nitrogens with one attached hydrogen (secondary N) is 1. The molecule has 4 heteroatoms. The molecule has 120 valence electrons. The Morgan fingerprint density at radius 2 is 1.59 bits per heavy atom. The van der Waals surface area contributed by atoms with E-state index in [-0.39, 0.29) is 16.7 Å². The smallest absolute Gasteiger partial charge is 0.235 e. The zero-order valence-corrected chi connectivity index (χ0v) is 15.0. The molecule has 1 saturated heterocycles. The van der Waals surface area contributed by atoms with Gasteiger partial charge in [0.15, 0.2) is 0 Å². The molecule has 2 N–H and O–H groups in total. The highest BCUT2D eigenvalue weighted by Gasteiger charge is 2.26. The molecule has 1 heterocycles. The van der Waals surface area contributed by atoms with Crippen LogP contribution in [-0.4, -0.2) is 16.8 Å². The predicted molar refractivity (Wildman–Crippen MR) is 94.1 cm³/mol. The van der Waals surface area contributed by atoms with Gasteiger partial charge in [-0.15, -0.1) is 0 Å². The largest absolute Gasteiger partial charge is 0.507 e. The molecule has 1 aromatic rings. The minimum atomic E-state index is -0.148. The Hall–Kier alpha value is -1.42.